The number of carbonyl (C=O) groups is 2. The minimum Gasteiger partial charge on any atom is -0.515 e. The number of unbranched alkanes of at least 4 members (excludes halogenated alkanes) is 2. The number of hydrogen-bond acceptors (Lipinski definition) is 3. The van der Waals surface area contributed by atoms with Gasteiger partial charge in [0.25, 0.3) is 8.32 Å². The Morgan fingerprint density at radius 2 is 1.44 bits per heavy atom. The lowest BCUT2D eigenvalue weighted by atomic mass is 10.1. The van der Waals surface area contributed by atoms with Crippen molar-refractivity contribution in [2.24, 2.45) is 0 Å². The third-order valence-corrected chi connectivity index (χ3v) is 11.1. The summed E-state index contributed by atoms with van der Waals surface area (Å²) in [5, 5.41) is 0. The molecule has 3 nitrogen and oxygen atoms in total. The van der Waals surface area contributed by atoms with Gasteiger partial charge in [0, 0.05) is 12.0 Å². The minimum atomic E-state index is -2.20. The molecule has 0 radical (unpaired) electrons. The van der Waals surface area contributed by atoms with Crippen LogP contribution in [0.25, 0.3) is 0 Å². The SMILES string of the molecule is CCCC/C(=C\CCCC(C)=O)C(=O)O[Si](C(C)C)(C(C)C)C(C)C. The van der Waals surface area contributed by atoms with Crippen LogP contribution >= 0.6 is 0 Å². The predicted molar refractivity (Wildman–Crippen MR) is 109 cm³/mol. The standard InChI is InChI=1S/C21H40O3Si/c1-9-10-14-20(15-12-11-13-19(8)22)21(23)24-25(16(2)3,17(4)5)18(6)7/h15-18H,9-14H2,1-8H3/b20-15+. The molecule has 0 aliphatic carbocycles. The summed E-state index contributed by atoms with van der Waals surface area (Å²) in [5.41, 5.74) is 1.98. The zero-order valence-corrected chi connectivity index (χ0v) is 18.8. The summed E-state index contributed by atoms with van der Waals surface area (Å²) in [6.07, 6.45) is 6.99. The molecule has 0 spiro atoms. The normalized spacial score (nSPS) is 13.0. The Hall–Kier alpha value is -0.903. The third kappa shape index (κ3) is 7.47. The average Bonchev–Trinajstić information content (AvgIpc) is 2.50. The zero-order valence-electron chi connectivity index (χ0n) is 17.8. The van der Waals surface area contributed by atoms with Crippen LogP contribution in [0.3, 0.4) is 0 Å². The first-order valence-electron chi connectivity index (χ1n) is 10.0. The first-order valence-corrected chi connectivity index (χ1v) is 12.1. The van der Waals surface area contributed by atoms with Gasteiger partial charge >= 0.3 is 5.97 Å². The van der Waals surface area contributed by atoms with Crippen molar-refractivity contribution >= 4 is 20.1 Å². The van der Waals surface area contributed by atoms with Gasteiger partial charge in [-0.3, -0.25) is 0 Å². The Labute approximate surface area is 156 Å². The van der Waals surface area contributed by atoms with Gasteiger partial charge in [-0.05, 0) is 49.2 Å². The highest BCUT2D eigenvalue weighted by Crippen LogP contribution is 2.42. The van der Waals surface area contributed by atoms with Gasteiger partial charge in [-0.15, -0.1) is 0 Å². The van der Waals surface area contributed by atoms with E-state index in [1.807, 2.05) is 6.08 Å². The van der Waals surface area contributed by atoms with Gasteiger partial charge in [-0.2, -0.15) is 0 Å². The van der Waals surface area contributed by atoms with Crippen LogP contribution in [-0.4, -0.2) is 20.1 Å². The van der Waals surface area contributed by atoms with Crippen molar-refractivity contribution < 1.29 is 14.0 Å². The molecule has 0 atom stereocenters. The van der Waals surface area contributed by atoms with Gasteiger partial charge in [0.15, 0.2) is 0 Å². The van der Waals surface area contributed by atoms with Gasteiger partial charge < -0.3 is 9.22 Å². The molecule has 0 amide bonds. The molecule has 25 heavy (non-hydrogen) atoms. The predicted octanol–water partition coefficient (Wildman–Crippen LogP) is 6.58. The van der Waals surface area contributed by atoms with E-state index in [0.717, 1.165) is 37.7 Å². The van der Waals surface area contributed by atoms with Gasteiger partial charge in [0.05, 0.1) is 0 Å². The Morgan fingerprint density at radius 3 is 1.84 bits per heavy atom. The topological polar surface area (TPSA) is 43.4 Å². The summed E-state index contributed by atoms with van der Waals surface area (Å²) in [7, 11) is -2.20. The molecule has 0 N–H and O–H groups in total. The lowest BCUT2D eigenvalue weighted by Crippen LogP contribution is -2.49. The van der Waals surface area contributed by atoms with Gasteiger partial charge in [0.2, 0.25) is 0 Å². The Kier molecular flexibility index (Phi) is 11.2. The Morgan fingerprint density at radius 1 is 0.920 bits per heavy atom. The number of Topliss-reactive ketones (excluding diaryl/α,β-unsaturated/α-hetero) is 1. The second-order valence-electron chi connectivity index (χ2n) is 8.13. The molecule has 0 aliphatic rings. The number of rotatable bonds is 12. The molecule has 0 rings (SSSR count). The van der Waals surface area contributed by atoms with E-state index in [0.29, 0.717) is 23.0 Å². The quantitative estimate of drug-likeness (QED) is 0.222. The summed E-state index contributed by atoms with van der Waals surface area (Å²) in [5.74, 6) is 0.0935. The molecular weight excluding hydrogens is 328 g/mol. The highest BCUT2D eigenvalue weighted by molar-refractivity contribution is 6.79. The fourth-order valence-electron chi connectivity index (χ4n) is 3.86. The van der Waals surface area contributed by atoms with E-state index in [2.05, 4.69) is 48.5 Å². The highest BCUT2D eigenvalue weighted by atomic mass is 28.4. The maximum absolute atomic E-state index is 13.0. The average molecular weight is 369 g/mol. The van der Waals surface area contributed by atoms with E-state index >= 15 is 0 Å². The number of carbonyl (C=O) groups excluding carboxylic acids is 2. The number of allylic oxidation sites excluding steroid dienone is 1. The van der Waals surface area contributed by atoms with E-state index in [4.69, 9.17) is 4.43 Å². The van der Waals surface area contributed by atoms with Crippen molar-refractivity contribution in [2.75, 3.05) is 0 Å². The molecule has 0 saturated carbocycles. The maximum atomic E-state index is 13.0. The maximum Gasteiger partial charge on any atom is 0.320 e. The summed E-state index contributed by atoms with van der Waals surface area (Å²) < 4.78 is 6.32. The van der Waals surface area contributed by atoms with Gasteiger partial charge in [0.1, 0.15) is 5.78 Å². The van der Waals surface area contributed by atoms with E-state index in [1.54, 1.807) is 6.92 Å². The molecule has 0 saturated heterocycles. The summed E-state index contributed by atoms with van der Waals surface area (Å²) in [4.78, 5) is 24.1. The third-order valence-electron chi connectivity index (χ3n) is 5.16. The van der Waals surface area contributed by atoms with Gasteiger partial charge in [-0.1, -0.05) is 61.0 Å². The van der Waals surface area contributed by atoms with Crippen molar-refractivity contribution in [3.05, 3.63) is 11.6 Å². The fourth-order valence-corrected chi connectivity index (χ4v) is 9.02. The van der Waals surface area contributed by atoms with E-state index < -0.39 is 8.32 Å². The summed E-state index contributed by atoms with van der Waals surface area (Å²) >= 11 is 0. The Balaban J connectivity index is 5.32. The largest absolute Gasteiger partial charge is 0.515 e. The fraction of sp³-hybridized carbons (Fsp3) is 0.810. The zero-order chi connectivity index (χ0) is 19.6. The molecule has 0 aromatic heterocycles. The van der Waals surface area contributed by atoms with Crippen molar-refractivity contribution in [3.63, 3.8) is 0 Å². The monoisotopic (exact) mass is 368 g/mol. The first-order chi connectivity index (χ1) is 11.6. The van der Waals surface area contributed by atoms with Crippen LogP contribution in [0.1, 0.15) is 93.9 Å². The number of hydrogen-bond donors (Lipinski definition) is 0. The van der Waals surface area contributed by atoms with Crippen LogP contribution in [0.15, 0.2) is 11.6 Å². The Bertz CT molecular complexity index is 428. The number of ketones is 1. The van der Waals surface area contributed by atoms with Crippen molar-refractivity contribution in [3.8, 4) is 0 Å². The van der Waals surface area contributed by atoms with E-state index in [-0.39, 0.29) is 11.8 Å². The molecule has 146 valence electrons. The van der Waals surface area contributed by atoms with Gasteiger partial charge in [-0.25, -0.2) is 4.79 Å². The van der Waals surface area contributed by atoms with Crippen LogP contribution in [0.5, 0.6) is 0 Å². The summed E-state index contributed by atoms with van der Waals surface area (Å²) in [6.45, 7) is 16.9. The molecule has 0 fully saturated rings. The van der Waals surface area contributed by atoms with Crippen molar-refractivity contribution in [2.45, 2.75) is 111 Å². The molecule has 0 aromatic carbocycles. The highest BCUT2D eigenvalue weighted by Gasteiger charge is 2.48. The first kappa shape index (κ1) is 24.1. The second-order valence-corrected chi connectivity index (χ2v) is 13.5. The summed E-state index contributed by atoms with van der Waals surface area (Å²) in [6, 6.07) is 0. The smallest absolute Gasteiger partial charge is 0.320 e. The van der Waals surface area contributed by atoms with Crippen LogP contribution in [0.4, 0.5) is 0 Å². The van der Waals surface area contributed by atoms with E-state index in [1.165, 1.54) is 0 Å². The molecular formula is C21H40O3Si. The molecule has 0 aromatic rings. The van der Waals surface area contributed by atoms with Crippen LogP contribution in [-0.2, 0) is 14.0 Å². The van der Waals surface area contributed by atoms with E-state index in [9.17, 15) is 9.59 Å². The molecule has 0 heterocycles. The van der Waals surface area contributed by atoms with Crippen LogP contribution < -0.4 is 0 Å². The van der Waals surface area contributed by atoms with Crippen LogP contribution in [0.2, 0.25) is 16.6 Å². The van der Waals surface area contributed by atoms with Crippen molar-refractivity contribution in [1.82, 2.24) is 0 Å². The second kappa shape index (κ2) is 11.7. The van der Waals surface area contributed by atoms with Crippen LogP contribution in [0, 0.1) is 0 Å². The molecule has 4 heteroatoms. The lowest BCUT2D eigenvalue weighted by molar-refractivity contribution is -0.131. The van der Waals surface area contributed by atoms with Crippen molar-refractivity contribution in [1.29, 1.82) is 0 Å². The minimum absolute atomic E-state index is 0.112. The lowest BCUT2D eigenvalue weighted by Gasteiger charge is -2.41. The molecule has 0 bridgehead atoms. The molecule has 0 aliphatic heterocycles. The molecule has 0 unspecified atom stereocenters.